The van der Waals surface area contributed by atoms with Gasteiger partial charge in [0.2, 0.25) is 5.91 Å². The molecule has 0 saturated carbocycles. The van der Waals surface area contributed by atoms with Gasteiger partial charge in [-0.25, -0.2) is 0 Å². The SMILES string of the molecule is CCC1CCCN(C(=O)C(N)Cc2ccccc2)CC1.Cl. The fourth-order valence-corrected chi connectivity index (χ4v) is 2.98. The van der Waals surface area contributed by atoms with E-state index in [-0.39, 0.29) is 18.3 Å². The lowest BCUT2D eigenvalue weighted by molar-refractivity contribution is -0.132. The van der Waals surface area contributed by atoms with Gasteiger partial charge in [-0.2, -0.15) is 0 Å². The zero-order valence-electron chi connectivity index (χ0n) is 12.8. The van der Waals surface area contributed by atoms with Crippen LogP contribution in [-0.4, -0.2) is 29.9 Å². The van der Waals surface area contributed by atoms with Crippen LogP contribution in [0, 0.1) is 5.92 Å². The second kappa shape index (κ2) is 9.06. The maximum Gasteiger partial charge on any atom is 0.239 e. The number of rotatable bonds is 4. The van der Waals surface area contributed by atoms with Crippen LogP contribution in [0.4, 0.5) is 0 Å². The minimum absolute atomic E-state index is 0. The lowest BCUT2D eigenvalue weighted by atomic mass is 9.98. The van der Waals surface area contributed by atoms with E-state index in [1.807, 2.05) is 35.2 Å². The molecule has 1 fully saturated rings. The molecule has 0 radical (unpaired) electrons. The topological polar surface area (TPSA) is 46.3 Å². The van der Waals surface area contributed by atoms with Crippen molar-refractivity contribution in [2.45, 2.75) is 45.1 Å². The number of nitrogens with zero attached hydrogens (tertiary/aromatic N) is 1. The molecule has 3 nitrogen and oxygen atoms in total. The second-order valence-corrected chi connectivity index (χ2v) is 5.83. The van der Waals surface area contributed by atoms with Gasteiger partial charge in [-0.05, 0) is 37.2 Å². The molecule has 2 atom stereocenters. The van der Waals surface area contributed by atoms with Gasteiger partial charge >= 0.3 is 0 Å². The van der Waals surface area contributed by atoms with E-state index in [1.165, 1.54) is 12.8 Å². The largest absolute Gasteiger partial charge is 0.341 e. The van der Waals surface area contributed by atoms with Crippen LogP contribution < -0.4 is 5.73 Å². The number of carbonyl (C=O) groups is 1. The third kappa shape index (κ3) is 5.33. The van der Waals surface area contributed by atoms with E-state index < -0.39 is 6.04 Å². The van der Waals surface area contributed by atoms with Gasteiger partial charge in [-0.3, -0.25) is 4.79 Å². The van der Waals surface area contributed by atoms with E-state index in [0.717, 1.165) is 37.4 Å². The van der Waals surface area contributed by atoms with Crippen LogP contribution in [0.2, 0.25) is 0 Å². The normalized spacial score (nSPS) is 20.3. The summed E-state index contributed by atoms with van der Waals surface area (Å²) in [5.41, 5.74) is 7.24. The van der Waals surface area contributed by atoms with Crippen molar-refractivity contribution in [2.24, 2.45) is 11.7 Å². The molecular formula is C17H27ClN2O. The highest BCUT2D eigenvalue weighted by Crippen LogP contribution is 2.20. The number of hydrogen-bond donors (Lipinski definition) is 1. The maximum absolute atomic E-state index is 12.5. The van der Waals surface area contributed by atoms with Crippen molar-refractivity contribution in [3.05, 3.63) is 35.9 Å². The molecule has 0 aliphatic carbocycles. The third-order valence-corrected chi connectivity index (χ3v) is 4.35. The van der Waals surface area contributed by atoms with Crippen LogP contribution in [-0.2, 0) is 11.2 Å². The molecule has 0 spiro atoms. The van der Waals surface area contributed by atoms with E-state index in [0.29, 0.717) is 6.42 Å². The Morgan fingerprint density at radius 3 is 2.67 bits per heavy atom. The highest BCUT2D eigenvalue weighted by molar-refractivity contribution is 5.85. The molecule has 1 aromatic carbocycles. The molecule has 1 aliphatic heterocycles. The van der Waals surface area contributed by atoms with Crippen LogP contribution in [0.15, 0.2) is 30.3 Å². The first-order valence-corrected chi connectivity index (χ1v) is 7.79. The number of halogens is 1. The Balaban J connectivity index is 0.00000220. The van der Waals surface area contributed by atoms with Crippen LogP contribution >= 0.6 is 12.4 Å². The number of carbonyl (C=O) groups excluding carboxylic acids is 1. The van der Waals surface area contributed by atoms with Gasteiger partial charge in [0, 0.05) is 13.1 Å². The number of nitrogens with two attached hydrogens (primary N) is 1. The van der Waals surface area contributed by atoms with Gasteiger partial charge in [0.05, 0.1) is 6.04 Å². The summed E-state index contributed by atoms with van der Waals surface area (Å²) in [5.74, 6) is 0.892. The maximum atomic E-state index is 12.5. The second-order valence-electron chi connectivity index (χ2n) is 5.83. The van der Waals surface area contributed by atoms with Gasteiger partial charge in [0.15, 0.2) is 0 Å². The van der Waals surface area contributed by atoms with Gasteiger partial charge < -0.3 is 10.6 Å². The average Bonchev–Trinajstić information content (AvgIpc) is 2.72. The third-order valence-electron chi connectivity index (χ3n) is 4.35. The fraction of sp³-hybridized carbons (Fsp3) is 0.588. The van der Waals surface area contributed by atoms with E-state index >= 15 is 0 Å². The molecule has 118 valence electrons. The Morgan fingerprint density at radius 2 is 2.00 bits per heavy atom. The Hall–Kier alpha value is -1.06. The van der Waals surface area contributed by atoms with E-state index in [2.05, 4.69) is 6.92 Å². The van der Waals surface area contributed by atoms with Gasteiger partial charge in [-0.1, -0.05) is 43.7 Å². The van der Waals surface area contributed by atoms with Crippen molar-refractivity contribution >= 4 is 18.3 Å². The summed E-state index contributed by atoms with van der Waals surface area (Å²) in [4.78, 5) is 14.4. The molecule has 1 aromatic rings. The first kappa shape index (κ1) is 18.0. The molecule has 21 heavy (non-hydrogen) atoms. The Kier molecular flexibility index (Phi) is 7.76. The molecule has 2 unspecified atom stereocenters. The summed E-state index contributed by atoms with van der Waals surface area (Å²) in [7, 11) is 0. The summed E-state index contributed by atoms with van der Waals surface area (Å²) in [6, 6.07) is 9.62. The molecule has 2 rings (SSSR count). The summed E-state index contributed by atoms with van der Waals surface area (Å²) in [5, 5.41) is 0. The van der Waals surface area contributed by atoms with E-state index in [4.69, 9.17) is 5.73 Å². The van der Waals surface area contributed by atoms with Crippen LogP contribution in [0.5, 0.6) is 0 Å². The molecule has 1 saturated heterocycles. The van der Waals surface area contributed by atoms with Crippen LogP contribution in [0.3, 0.4) is 0 Å². The Morgan fingerprint density at radius 1 is 1.29 bits per heavy atom. The predicted octanol–water partition coefficient (Wildman–Crippen LogP) is 3.02. The highest BCUT2D eigenvalue weighted by atomic mass is 35.5. The van der Waals surface area contributed by atoms with Crippen molar-refractivity contribution in [3.8, 4) is 0 Å². The van der Waals surface area contributed by atoms with Crippen molar-refractivity contribution in [1.82, 2.24) is 4.90 Å². The van der Waals surface area contributed by atoms with E-state index in [1.54, 1.807) is 0 Å². The average molecular weight is 311 g/mol. The minimum atomic E-state index is -0.407. The summed E-state index contributed by atoms with van der Waals surface area (Å²) >= 11 is 0. The van der Waals surface area contributed by atoms with Gasteiger partial charge in [0.25, 0.3) is 0 Å². The van der Waals surface area contributed by atoms with Gasteiger partial charge in [0.1, 0.15) is 0 Å². The van der Waals surface area contributed by atoms with Gasteiger partial charge in [-0.15, -0.1) is 12.4 Å². The zero-order chi connectivity index (χ0) is 14.4. The molecule has 2 N–H and O–H groups in total. The lowest BCUT2D eigenvalue weighted by Crippen LogP contribution is -2.45. The predicted molar refractivity (Wildman–Crippen MR) is 89.6 cm³/mol. The molecule has 1 aliphatic rings. The standard InChI is InChI=1S/C17H26N2O.ClH/c1-2-14-9-6-11-19(12-10-14)17(20)16(18)13-15-7-4-3-5-8-15;/h3-5,7-8,14,16H,2,6,9-13,18H2,1H3;1H. The zero-order valence-corrected chi connectivity index (χ0v) is 13.6. The fourth-order valence-electron chi connectivity index (χ4n) is 2.98. The van der Waals surface area contributed by atoms with E-state index in [9.17, 15) is 4.79 Å². The Labute approximate surface area is 134 Å². The molecule has 0 aromatic heterocycles. The molecular weight excluding hydrogens is 284 g/mol. The van der Waals surface area contributed by atoms with Crippen molar-refractivity contribution in [2.75, 3.05) is 13.1 Å². The van der Waals surface area contributed by atoms with Crippen molar-refractivity contribution < 1.29 is 4.79 Å². The first-order chi connectivity index (χ1) is 9.70. The summed E-state index contributed by atoms with van der Waals surface area (Å²) in [6.07, 6.45) is 5.34. The minimum Gasteiger partial charge on any atom is -0.341 e. The lowest BCUT2D eigenvalue weighted by Gasteiger charge is -2.24. The summed E-state index contributed by atoms with van der Waals surface area (Å²) < 4.78 is 0. The molecule has 4 heteroatoms. The first-order valence-electron chi connectivity index (χ1n) is 7.79. The van der Waals surface area contributed by atoms with Crippen molar-refractivity contribution in [1.29, 1.82) is 0 Å². The number of benzene rings is 1. The van der Waals surface area contributed by atoms with Crippen LogP contribution in [0.1, 0.15) is 38.2 Å². The molecule has 1 amide bonds. The Bertz CT molecular complexity index is 424. The molecule has 1 heterocycles. The number of hydrogen-bond acceptors (Lipinski definition) is 2. The van der Waals surface area contributed by atoms with Crippen molar-refractivity contribution in [3.63, 3.8) is 0 Å². The monoisotopic (exact) mass is 310 g/mol. The number of amides is 1. The highest BCUT2D eigenvalue weighted by Gasteiger charge is 2.24. The summed E-state index contributed by atoms with van der Waals surface area (Å²) in [6.45, 7) is 3.99. The smallest absolute Gasteiger partial charge is 0.239 e. The molecule has 0 bridgehead atoms. The number of likely N-dealkylation sites (tertiary alicyclic amines) is 1. The quantitative estimate of drug-likeness (QED) is 0.929. The van der Waals surface area contributed by atoms with Crippen LogP contribution in [0.25, 0.3) is 0 Å².